The highest BCUT2D eigenvalue weighted by Crippen LogP contribution is 2.25. The molecule has 0 N–H and O–H groups in total. The largest absolute Gasteiger partial charge is 0.298 e. The zero-order valence-electron chi connectivity index (χ0n) is 9.08. The van der Waals surface area contributed by atoms with Crippen LogP contribution < -0.4 is 0 Å². The van der Waals surface area contributed by atoms with Gasteiger partial charge in [-0.1, -0.05) is 30.9 Å². The molecular weight excluding hydrogens is 228 g/mol. The Morgan fingerprint density at radius 2 is 2.20 bits per heavy atom. The van der Waals surface area contributed by atoms with Crippen molar-refractivity contribution in [2.45, 2.75) is 44.7 Å². The van der Waals surface area contributed by atoms with E-state index in [4.69, 9.17) is 11.6 Å². The Kier molecular flexibility index (Phi) is 4.00. The van der Waals surface area contributed by atoms with Gasteiger partial charge in [-0.05, 0) is 19.9 Å². The summed E-state index contributed by atoms with van der Waals surface area (Å²) in [4.78, 5) is 7.79. The van der Waals surface area contributed by atoms with Gasteiger partial charge in [0.05, 0.1) is 0 Å². The van der Waals surface area contributed by atoms with Crippen LogP contribution in [0.15, 0.2) is 6.20 Å². The summed E-state index contributed by atoms with van der Waals surface area (Å²) in [5, 5.41) is 0. The van der Waals surface area contributed by atoms with E-state index < -0.39 is 0 Å². The molecule has 0 radical (unpaired) electrons. The van der Waals surface area contributed by atoms with E-state index in [9.17, 15) is 0 Å². The third kappa shape index (κ3) is 3.16. The van der Waals surface area contributed by atoms with Crippen LogP contribution in [0.1, 0.15) is 37.0 Å². The van der Waals surface area contributed by atoms with E-state index in [1.54, 1.807) is 11.3 Å². The molecular formula is C11H17ClN2S. The molecule has 0 aliphatic heterocycles. The second-order valence-electron chi connectivity index (χ2n) is 4.29. The highest BCUT2D eigenvalue weighted by atomic mass is 35.5. The molecule has 4 heteroatoms. The second-order valence-corrected chi connectivity index (χ2v) is 5.98. The summed E-state index contributed by atoms with van der Waals surface area (Å²) in [6.07, 6.45) is 8.78. The Morgan fingerprint density at radius 1 is 1.47 bits per heavy atom. The normalized spacial score (nSPS) is 18.6. The quantitative estimate of drug-likeness (QED) is 0.808. The fourth-order valence-electron chi connectivity index (χ4n) is 2.25. The molecule has 15 heavy (non-hydrogen) atoms. The zero-order chi connectivity index (χ0) is 10.7. The minimum Gasteiger partial charge on any atom is -0.298 e. The van der Waals surface area contributed by atoms with E-state index in [0.29, 0.717) is 4.47 Å². The van der Waals surface area contributed by atoms with Gasteiger partial charge < -0.3 is 0 Å². The number of rotatable bonds is 3. The van der Waals surface area contributed by atoms with Gasteiger partial charge in [-0.25, -0.2) is 4.98 Å². The number of hydrogen-bond donors (Lipinski definition) is 0. The molecule has 1 saturated carbocycles. The molecule has 0 atom stereocenters. The summed E-state index contributed by atoms with van der Waals surface area (Å²) < 4.78 is 0.655. The van der Waals surface area contributed by atoms with Crippen molar-refractivity contribution in [2.75, 3.05) is 7.05 Å². The Morgan fingerprint density at radius 3 is 2.80 bits per heavy atom. The van der Waals surface area contributed by atoms with Crippen LogP contribution in [0.4, 0.5) is 0 Å². The summed E-state index contributed by atoms with van der Waals surface area (Å²) in [5.41, 5.74) is 0. The van der Waals surface area contributed by atoms with Crippen LogP contribution in [0, 0.1) is 0 Å². The van der Waals surface area contributed by atoms with Crippen molar-refractivity contribution >= 4 is 22.9 Å². The summed E-state index contributed by atoms with van der Waals surface area (Å²) in [6.45, 7) is 0.995. The Hall–Kier alpha value is -0.120. The van der Waals surface area contributed by atoms with Crippen LogP contribution in [0.25, 0.3) is 0 Å². The molecule has 1 aromatic heterocycles. The fourth-order valence-corrected chi connectivity index (χ4v) is 3.29. The first kappa shape index (κ1) is 11.4. The van der Waals surface area contributed by atoms with E-state index >= 15 is 0 Å². The van der Waals surface area contributed by atoms with E-state index in [-0.39, 0.29) is 0 Å². The first-order chi connectivity index (χ1) is 7.25. The summed E-state index contributed by atoms with van der Waals surface area (Å²) in [7, 11) is 2.21. The highest BCUT2D eigenvalue weighted by molar-refractivity contribution is 7.15. The van der Waals surface area contributed by atoms with Crippen LogP contribution in [0.2, 0.25) is 4.47 Å². The molecule has 1 aliphatic carbocycles. The molecule has 0 saturated heterocycles. The SMILES string of the molecule is CN(Cc1cnc(Cl)s1)C1CCCCC1. The Bertz CT molecular complexity index is 307. The third-order valence-electron chi connectivity index (χ3n) is 3.13. The predicted molar refractivity (Wildman–Crippen MR) is 65.5 cm³/mol. The van der Waals surface area contributed by atoms with Gasteiger partial charge in [-0.15, -0.1) is 11.3 Å². The molecule has 0 unspecified atom stereocenters. The minimum absolute atomic E-state index is 0.655. The maximum atomic E-state index is 5.82. The van der Waals surface area contributed by atoms with Gasteiger partial charge in [-0.3, -0.25) is 4.90 Å². The smallest absolute Gasteiger partial charge is 0.183 e. The Labute approximate surface area is 100 Å². The molecule has 1 fully saturated rings. The topological polar surface area (TPSA) is 16.1 Å². The molecule has 1 heterocycles. The van der Waals surface area contributed by atoms with Crippen LogP contribution in [-0.4, -0.2) is 23.0 Å². The minimum atomic E-state index is 0.655. The van der Waals surface area contributed by atoms with E-state index in [1.165, 1.54) is 37.0 Å². The average Bonchev–Trinajstić information content (AvgIpc) is 2.65. The van der Waals surface area contributed by atoms with Crippen LogP contribution >= 0.6 is 22.9 Å². The van der Waals surface area contributed by atoms with Crippen molar-refractivity contribution in [1.29, 1.82) is 0 Å². The molecule has 84 valence electrons. The molecule has 1 aromatic rings. The Balaban J connectivity index is 1.88. The maximum absolute atomic E-state index is 5.82. The second kappa shape index (κ2) is 5.28. The summed E-state index contributed by atoms with van der Waals surface area (Å²) >= 11 is 7.41. The fraction of sp³-hybridized carbons (Fsp3) is 0.727. The van der Waals surface area contributed by atoms with Gasteiger partial charge in [0.25, 0.3) is 0 Å². The lowest BCUT2D eigenvalue weighted by atomic mass is 9.94. The lowest BCUT2D eigenvalue weighted by molar-refractivity contribution is 0.186. The molecule has 2 nitrogen and oxygen atoms in total. The van der Waals surface area contributed by atoms with Gasteiger partial charge in [0.1, 0.15) is 0 Å². The standard InChI is InChI=1S/C11H17ClN2S/c1-14(9-5-3-2-4-6-9)8-10-7-13-11(12)15-10/h7,9H,2-6,8H2,1H3. The van der Waals surface area contributed by atoms with Crippen molar-refractivity contribution < 1.29 is 0 Å². The van der Waals surface area contributed by atoms with Gasteiger partial charge in [-0.2, -0.15) is 0 Å². The van der Waals surface area contributed by atoms with Crippen molar-refractivity contribution in [3.05, 3.63) is 15.5 Å². The third-order valence-corrected chi connectivity index (χ3v) is 4.23. The molecule has 0 bridgehead atoms. The number of thiazole rings is 1. The first-order valence-electron chi connectivity index (χ1n) is 5.56. The van der Waals surface area contributed by atoms with Crippen molar-refractivity contribution in [2.24, 2.45) is 0 Å². The van der Waals surface area contributed by atoms with Crippen molar-refractivity contribution in [3.63, 3.8) is 0 Å². The van der Waals surface area contributed by atoms with Crippen molar-refractivity contribution in [1.82, 2.24) is 9.88 Å². The highest BCUT2D eigenvalue weighted by Gasteiger charge is 2.18. The van der Waals surface area contributed by atoms with E-state index in [0.717, 1.165) is 12.6 Å². The number of aromatic nitrogens is 1. The van der Waals surface area contributed by atoms with E-state index in [2.05, 4.69) is 16.9 Å². The summed E-state index contributed by atoms with van der Waals surface area (Å²) in [6, 6.07) is 0.764. The molecule has 2 rings (SSSR count). The number of nitrogens with zero attached hydrogens (tertiary/aromatic N) is 2. The molecule has 0 spiro atoms. The lowest BCUT2D eigenvalue weighted by Crippen LogP contribution is -2.32. The molecule has 0 aromatic carbocycles. The number of hydrogen-bond acceptors (Lipinski definition) is 3. The van der Waals surface area contributed by atoms with Crippen LogP contribution in [-0.2, 0) is 6.54 Å². The van der Waals surface area contributed by atoms with Crippen LogP contribution in [0.3, 0.4) is 0 Å². The van der Waals surface area contributed by atoms with Crippen LogP contribution in [0.5, 0.6) is 0 Å². The lowest BCUT2D eigenvalue weighted by Gasteiger charge is -2.30. The van der Waals surface area contributed by atoms with Crippen molar-refractivity contribution in [3.8, 4) is 0 Å². The van der Waals surface area contributed by atoms with E-state index in [1.807, 2.05) is 6.20 Å². The first-order valence-corrected chi connectivity index (χ1v) is 6.75. The van der Waals surface area contributed by atoms with Gasteiger partial charge in [0, 0.05) is 23.7 Å². The maximum Gasteiger partial charge on any atom is 0.183 e. The monoisotopic (exact) mass is 244 g/mol. The van der Waals surface area contributed by atoms with Gasteiger partial charge >= 0.3 is 0 Å². The zero-order valence-corrected chi connectivity index (χ0v) is 10.7. The molecule has 1 aliphatic rings. The van der Waals surface area contributed by atoms with Gasteiger partial charge in [0.2, 0.25) is 0 Å². The van der Waals surface area contributed by atoms with Gasteiger partial charge in [0.15, 0.2) is 4.47 Å². The summed E-state index contributed by atoms with van der Waals surface area (Å²) in [5.74, 6) is 0. The molecule has 0 amide bonds. The average molecular weight is 245 g/mol. The number of halogens is 1. The predicted octanol–water partition coefficient (Wildman–Crippen LogP) is 3.56.